The van der Waals surface area contributed by atoms with Crippen molar-refractivity contribution in [3.05, 3.63) is 29.3 Å². The second kappa shape index (κ2) is 5.74. The molecule has 0 heterocycles. The second-order valence-corrected chi connectivity index (χ2v) is 3.23. The van der Waals surface area contributed by atoms with E-state index in [0.29, 0.717) is 23.5 Å². The van der Waals surface area contributed by atoms with Crippen molar-refractivity contribution in [3.63, 3.8) is 0 Å². The van der Waals surface area contributed by atoms with Crippen molar-refractivity contribution >= 4 is 11.8 Å². The first-order valence-electron chi connectivity index (χ1n) is 5.08. The molecule has 1 rings (SSSR count). The predicted octanol–water partition coefficient (Wildman–Crippen LogP) is -1.47. The van der Waals surface area contributed by atoms with Gasteiger partial charge in [-0.15, -0.1) is 0 Å². The molecule has 6 heteroatoms. The third-order valence-electron chi connectivity index (χ3n) is 2.11. The van der Waals surface area contributed by atoms with Gasteiger partial charge >= 0.3 is 5.97 Å². The van der Waals surface area contributed by atoms with Gasteiger partial charge in [0.05, 0.1) is 24.8 Å². The Balaban J connectivity index is 3.23. The largest absolute Gasteiger partial charge is 0.494 e. The molecule has 0 fully saturated rings. The molecule has 1 aromatic rings. The summed E-state index contributed by atoms with van der Waals surface area (Å²) in [6.07, 6.45) is 0. The van der Waals surface area contributed by atoms with Crippen molar-refractivity contribution in [1.29, 1.82) is 0 Å². The molecule has 1 aromatic carbocycles. The Labute approximate surface area is 99.2 Å². The molecule has 0 saturated heterocycles. The molecule has 0 radical (unpaired) electrons. The molecule has 0 aliphatic carbocycles. The van der Waals surface area contributed by atoms with Gasteiger partial charge < -0.3 is 9.47 Å². The summed E-state index contributed by atoms with van der Waals surface area (Å²) < 4.78 is 9.97. The Hall–Kier alpha value is -2.24. The minimum Gasteiger partial charge on any atom is -0.494 e. The van der Waals surface area contributed by atoms with Crippen molar-refractivity contribution in [3.8, 4) is 5.75 Å². The number of nitrogen functional groups attached to an aromatic ring is 1. The van der Waals surface area contributed by atoms with E-state index in [0.717, 1.165) is 0 Å². The van der Waals surface area contributed by atoms with Gasteiger partial charge in [-0.3, -0.25) is 11.6 Å². The molecule has 0 atom stereocenters. The first-order valence-corrected chi connectivity index (χ1v) is 5.08. The average molecular weight is 238 g/mol. The molecule has 0 unspecified atom stereocenters. The Morgan fingerprint density at radius 1 is 1.35 bits per heavy atom. The zero-order valence-corrected chi connectivity index (χ0v) is 9.82. The minimum absolute atomic E-state index is 0.247. The van der Waals surface area contributed by atoms with Crippen LogP contribution in [0.2, 0.25) is 0 Å². The molecular weight excluding hydrogens is 222 g/mol. The highest BCUT2D eigenvalue weighted by atomic mass is 16.5. The van der Waals surface area contributed by atoms with E-state index in [9.17, 15) is 4.79 Å². The molecule has 17 heavy (non-hydrogen) atoms. The van der Waals surface area contributed by atoms with Gasteiger partial charge in [-0.05, 0) is 25.1 Å². The van der Waals surface area contributed by atoms with Gasteiger partial charge in [-0.2, -0.15) is 5.10 Å². The fourth-order valence-corrected chi connectivity index (χ4v) is 1.32. The molecule has 5 N–H and O–H groups in total. The number of esters is 1. The van der Waals surface area contributed by atoms with E-state index in [1.54, 1.807) is 18.2 Å². The highest BCUT2D eigenvalue weighted by molar-refractivity contribution is 5.97. The van der Waals surface area contributed by atoms with E-state index in [1.807, 2.05) is 6.92 Å². The molecule has 0 bridgehead atoms. The number of carbonyl (C=O) groups excluding carboxylic acids is 1. The monoisotopic (exact) mass is 238 g/mol. The van der Waals surface area contributed by atoms with Crippen molar-refractivity contribution in [2.75, 3.05) is 13.7 Å². The van der Waals surface area contributed by atoms with E-state index < -0.39 is 5.97 Å². The lowest BCUT2D eigenvalue weighted by molar-refractivity contribution is -0.469. The quantitative estimate of drug-likeness (QED) is 0.195. The van der Waals surface area contributed by atoms with Crippen LogP contribution in [0.3, 0.4) is 0 Å². The fraction of sp³-hybridized carbons (Fsp3) is 0.273. The smallest absolute Gasteiger partial charge is 0.338 e. The number of hydrazone groups is 1. The van der Waals surface area contributed by atoms with Gasteiger partial charge in [0.1, 0.15) is 5.75 Å². The lowest BCUT2D eigenvalue weighted by atomic mass is 10.1. The SMILES string of the molecule is CCOc1cc(C(=O)OC)cc(C(N)=[NH+]N)c1. The minimum atomic E-state index is -0.461. The number of nitrogens with two attached hydrogens (primary N) is 2. The van der Waals surface area contributed by atoms with Crippen molar-refractivity contribution in [2.24, 2.45) is 11.6 Å². The van der Waals surface area contributed by atoms with E-state index in [2.05, 4.69) is 9.84 Å². The number of nitrogens with one attached hydrogen (secondary N) is 1. The highest BCUT2D eigenvalue weighted by Crippen LogP contribution is 2.17. The number of ether oxygens (including phenoxy) is 2. The van der Waals surface area contributed by atoms with Gasteiger partial charge in [-0.25, -0.2) is 4.79 Å². The van der Waals surface area contributed by atoms with Crippen LogP contribution >= 0.6 is 0 Å². The van der Waals surface area contributed by atoms with Crippen LogP contribution in [0.4, 0.5) is 0 Å². The fourth-order valence-electron chi connectivity index (χ4n) is 1.32. The zero-order valence-electron chi connectivity index (χ0n) is 9.82. The molecular formula is C11H16N3O3+. The lowest BCUT2D eigenvalue weighted by Crippen LogP contribution is -2.82. The number of amidine groups is 1. The number of hydrazine groups is 1. The number of methoxy groups -OCH3 is 1. The summed E-state index contributed by atoms with van der Waals surface area (Å²) in [4.78, 5) is 11.5. The van der Waals surface area contributed by atoms with Gasteiger partial charge in [0.25, 0.3) is 5.84 Å². The van der Waals surface area contributed by atoms with Crippen LogP contribution in [0, 0.1) is 0 Å². The van der Waals surface area contributed by atoms with Crippen molar-refractivity contribution in [2.45, 2.75) is 6.92 Å². The van der Waals surface area contributed by atoms with Gasteiger partial charge in [0.15, 0.2) is 0 Å². The molecule has 0 aromatic heterocycles. The summed E-state index contributed by atoms with van der Waals surface area (Å²) in [6, 6.07) is 4.84. The van der Waals surface area contributed by atoms with Crippen LogP contribution < -0.4 is 21.4 Å². The number of benzene rings is 1. The van der Waals surface area contributed by atoms with E-state index in [4.69, 9.17) is 16.3 Å². The molecule has 0 aliphatic heterocycles. The molecule has 92 valence electrons. The normalized spacial score (nSPS) is 11.1. The Morgan fingerprint density at radius 3 is 2.53 bits per heavy atom. The van der Waals surface area contributed by atoms with Gasteiger partial charge in [-0.1, -0.05) is 0 Å². The predicted molar refractivity (Wildman–Crippen MR) is 62.4 cm³/mol. The number of rotatable bonds is 4. The zero-order chi connectivity index (χ0) is 12.8. The average Bonchev–Trinajstić information content (AvgIpc) is 2.36. The van der Waals surface area contributed by atoms with Crippen molar-refractivity contribution < 1.29 is 19.4 Å². The highest BCUT2D eigenvalue weighted by Gasteiger charge is 2.13. The maximum Gasteiger partial charge on any atom is 0.338 e. The number of carbonyl (C=O) groups is 1. The second-order valence-electron chi connectivity index (χ2n) is 3.23. The van der Waals surface area contributed by atoms with E-state index >= 15 is 0 Å². The molecule has 0 amide bonds. The number of hydrogen-bond donors (Lipinski definition) is 3. The molecule has 0 saturated carbocycles. The molecule has 0 spiro atoms. The van der Waals surface area contributed by atoms with Crippen LogP contribution in [-0.2, 0) is 4.74 Å². The van der Waals surface area contributed by atoms with E-state index in [-0.39, 0.29) is 5.84 Å². The molecule has 6 nitrogen and oxygen atoms in total. The summed E-state index contributed by atoms with van der Waals surface area (Å²) in [6.45, 7) is 2.33. The standard InChI is InChI=1S/C11H15N3O3/c1-3-17-9-5-7(10(12)14-13)4-8(6-9)11(15)16-2/h4-6H,3,13H2,1-2H3,(H2,12,14)/p+1. The van der Waals surface area contributed by atoms with Gasteiger partial charge in [0.2, 0.25) is 0 Å². The summed E-state index contributed by atoms with van der Waals surface area (Å²) in [5, 5.41) is 2.32. The third-order valence-corrected chi connectivity index (χ3v) is 2.11. The lowest BCUT2D eigenvalue weighted by Gasteiger charge is -2.07. The van der Waals surface area contributed by atoms with Crippen LogP contribution in [0.15, 0.2) is 18.2 Å². The van der Waals surface area contributed by atoms with Crippen LogP contribution in [0.25, 0.3) is 0 Å². The topological polar surface area (TPSA) is 102 Å². The summed E-state index contributed by atoms with van der Waals surface area (Å²) >= 11 is 0. The maximum atomic E-state index is 11.5. The summed E-state index contributed by atoms with van der Waals surface area (Å²) in [5.41, 5.74) is 6.56. The first kappa shape index (κ1) is 12.8. The van der Waals surface area contributed by atoms with Crippen LogP contribution in [0.5, 0.6) is 5.75 Å². The third kappa shape index (κ3) is 3.10. The van der Waals surface area contributed by atoms with Crippen molar-refractivity contribution in [1.82, 2.24) is 0 Å². The number of hydrogen-bond acceptors (Lipinski definition) is 4. The summed E-state index contributed by atoms with van der Waals surface area (Å²) in [5.74, 6) is 5.54. The van der Waals surface area contributed by atoms with Gasteiger partial charge in [0, 0.05) is 0 Å². The Morgan fingerprint density at radius 2 is 2.00 bits per heavy atom. The molecule has 0 aliphatic rings. The maximum absolute atomic E-state index is 11.5. The summed E-state index contributed by atoms with van der Waals surface area (Å²) in [7, 11) is 1.31. The Kier molecular flexibility index (Phi) is 4.33. The van der Waals surface area contributed by atoms with Crippen LogP contribution in [0.1, 0.15) is 22.8 Å². The van der Waals surface area contributed by atoms with E-state index in [1.165, 1.54) is 7.11 Å². The van der Waals surface area contributed by atoms with Crippen LogP contribution in [-0.4, -0.2) is 25.5 Å². The first-order chi connectivity index (χ1) is 8.12. The Bertz CT molecular complexity index is 444.